The van der Waals surface area contributed by atoms with Gasteiger partial charge in [-0.05, 0) is 40.7 Å². The molecule has 92 valence electrons. The lowest BCUT2D eigenvalue weighted by molar-refractivity contribution is 0.146. The van der Waals surface area contributed by atoms with Gasteiger partial charge in [0.25, 0.3) is 10.0 Å². The second-order valence-corrected chi connectivity index (χ2v) is 6.74. The molecule has 0 atom stereocenters. The van der Waals surface area contributed by atoms with Crippen LogP contribution in [0.2, 0.25) is 0 Å². The van der Waals surface area contributed by atoms with Crippen molar-refractivity contribution >= 4 is 37.3 Å². The van der Waals surface area contributed by atoms with Crippen molar-refractivity contribution in [2.75, 3.05) is 19.8 Å². The maximum absolute atomic E-state index is 11.8. The first kappa shape index (κ1) is 14.1. The summed E-state index contributed by atoms with van der Waals surface area (Å²) in [6.07, 6.45) is 0.677. The minimum absolute atomic E-state index is 0.323. The van der Waals surface area contributed by atoms with Gasteiger partial charge in [-0.2, -0.15) is 0 Å². The van der Waals surface area contributed by atoms with Crippen LogP contribution >= 0.6 is 27.3 Å². The van der Waals surface area contributed by atoms with E-state index in [9.17, 15) is 8.42 Å². The zero-order valence-corrected chi connectivity index (χ0v) is 12.1. The van der Waals surface area contributed by atoms with Crippen molar-refractivity contribution in [1.82, 2.24) is 4.72 Å². The van der Waals surface area contributed by atoms with Crippen LogP contribution in [0.25, 0.3) is 0 Å². The lowest BCUT2D eigenvalue weighted by atomic mass is 10.5. The van der Waals surface area contributed by atoms with Crippen LogP contribution in [0.1, 0.15) is 13.3 Å². The van der Waals surface area contributed by atoms with Crippen molar-refractivity contribution < 1.29 is 13.2 Å². The van der Waals surface area contributed by atoms with Gasteiger partial charge in [0.1, 0.15) is 4.21 Å². The molecule has 1 aromatic heterocycles. The van der Waals surface area contributed by atoms with Gasteiger partial charge in [0.2, 0.25) is 0 Å². The van der Waals surface area contributed by atoms with E-state index in [-0.39, 0.29) is 0 Å². The average Bonchev–Trinajstić information content (AvgIpc) is 2.65. The van der Waals surface area contributed by atoms with E-state index in [0.717, 1.165) is 0 Å². The fraction of sp³-hybridized carbons (Fsp3) is 0.556. The Morgan fingerprint density at radius 3 is 2.88 bits per heavy atom. The van der Waals surface area contributed by atoms with Gasteiger partial charge < -0.3 is 4.74 Å². The number of nitrogens with one attached hydrogen (secondary N) is 1. The lowest BCUT2D eigenvalue weighted by Gasteiger charge is -2.05. The minimum atomic E-state index is -3.37. The molecule has 0 saturated carbocycles. The van der Waals surface area contributed by atoms with Crippen LogP contribution in [0.15, 0.2) is 20.1 Å². The second kappa shape index (κ2) is 6.70. The topological polar surface area (TPSA) is 55.4 Å². The molecule has 0 aliphatic rings. The maximum Gasteiger partial charge on any atom is 0.251 e. The smallest absolute Gasteiger partial charge is 0.251 e. The molecule has 4 nitrogen and oxygen atoms in total. The van der Waals surface area contributed by atoms with E-state index in [4.69, 9.17) is 4.74 Å². The molecule has 1 rings (SSSR count). The summed E-state index contributed by atoms with van der Waals surface area (Å²) < 4.78 is 32.1. The molecule has 0 aromatic carbocycles. The first-order valence-corrected chi connectivity index (χ1v) is 8.04. The van der Waals surface area contributed by atoms with Crippen LogP contribution in [-0.2, 0) is 14.8 Å². The summed E-state index contributed by atoms with van der Waals surface area (Å²) in [5, 5.41) is 1.73. The highest BCUT2D eigenvalue weighted by Gasteiger charge is 2.17. The standard InChI is InChI=1S/C9H14BrNO3S2/c1-2-14-6-3-5-11-16(12,13)9-8(10)4-7-15-9/h4,7,11H,2-3,5-6H2,1H3. The molecule has 1 N–H and O–H groups in total. The summed E-state index contributed by atoms with van der Waals surface area (Å²) >= 11 is 4.40. The van der Waals surface area contributed by atoms with Crippen LogP contribution in [0, 0.1) is 0 Å². The average molecular weight is 328 g/mol. The number of hydrogen-bond donors (Lipinski definition) is 1. The second-order valence-electron chi connectivity index (χ2n) is 3.00. The summed E-state index contributed by atoms with van der Waals surface area (Å²) in [5.74, 6) is 0. The third-order valence-electron chi connectivity index (χ3n) is 1.79. The highest BCUT2D eigenvalue weighted by molar-refractivity contribution is 9.10. The van der Waals surface area contributed by atoms with Gasteiger partial charge in [0.05, 0.1) is 0 Å². The molecule has 16 heavy (non-hydrogen) atoms. The summed E-state index contributed by atoms with van der Waals surface area (Å²) in [7, 11) is -3.37. The number of sulfonamides is 1. The maximum atomic E-state index is 11.8. The number of halogens is 1. The van der Waals surface area contributed by atoms with Gasteiger partial charge in [0, 0.05) is 24.2 Å². The lowest BCUT2D eigenvalue weighted by Crippen LogP contribution is -2.25. The number of ether oxygens (including phenoxy) is 1. The monoisotopic (exact) mass is 327 g/mol. The van der Waals surface area contributed by atoms with Crippen LogP contribution in [0.5, 0.6) is 0 Å². The van der Waals surface area contributed by atoms with E-state index in [0.29, 0.717) is 34.9 Å². The molecule has 7 heteroatoms. The predicted octanol–water partition coefficient (Wildman–Crippen LogP) is 2.22. The summed E-state index contributed by atoms with van der Waals surface area (Å²) in [4.78, 5) is 0. The molecule has 0 unspecified atom stereocenters. The molecule has 0 spiro atoms. The molecule has 1 aromatic rings. The Labute approximate surface area is 108 Å². The van der Waals surface area contributed by atoms with E-state index in [1.165, 1.54) is 11.3 Å². The Morgan fingerprint density at radius 2 is 2.31 bits per heavy atom. The molecule has 0 aliphatic heterocycles. The Bertz CT molecular complexity index is 416. The fourth-order valence-corrected chi connectivity index (χ4v) is 4.52. The highest BCUT2D eigenvalue weighted by Crippen LogP contribution is 2.27. The summed E-state index contributed by atoms with van der Waals surface area (Å²) in [6.45, 7) is 3.54. The van der Waals surface area contributed by atoms with Crippen molar-refractivity contribution in [3.8, 4) is 0 Å². The van der Waals surface area contributed by atoms with Crippen LogP contribution in [0.3, 0.4) is 0 Å². The third-order valence-corrected chi connectivity index (χ3v) is 5.92. The van der Waals surface area contributed by atoms with E-state index in [1.54, 1.807) is 11.4 Å². The van der Waals surface area contributed by atoms with Crippen molar-refractivity contribution in [1.29, 1.82) is 0 Å². The number of thiophene rings is 1. The van der Waals surface area contributed by atoms with E-state index in [2.05, 4.69) is 20.7 Å². The normalized spacial score (nSPS) is 11.9. The van der Waals surface area contributed by atoms with Crippen molar-refractivity contribution in [2.24, 2.45) is 0 Å². The Hall–Kier alpha value is 0.0500. The van der Waals surface area contributed by atoms with Crippen LogP contribution in [0.4, 0.5) is 0 Å². The van der Waals surface area contributed by atoms with Gasteiger partial charge in [-0.25, -0.2) is 13.1 Å². The van der Waals surface area contributed by atoms with Crippen molar-refractivity contribution in [2.45, 2.75) is 17.6 Å². The molecule has 0 fully saturated rings. The van der Waals surface area contributed by atoms with E-state index in [1.807, 2.05) is 6.92 Å². The van der Waals surface area contributed by atoms with E-state index >= 15 is 0 Å². The number of rotatable bonds is 7. The number of hydrogen-bond acceptors (Lipinski definition) is 4. The van der Waals surface area contributed by atoms with Crippen LogP contribution < -0.4 is 4.72 Å². The molecule has 0 amide bonds. The van der Waals surface area contributed by atoms with Crippen molar-refractivity contribution in [3.63, 3.8) is 0 Å². The molecule has 0 bridgehead atoms. The minimum Gasteiger partial charge on any atom is -0.382 e. The quantitative estimate of drug-likeness (QED) is 0.781. The van der Waals surface area contributed by atoms with Crippen LogP contribution in [-0.4, -0.2) is 28.2 Å². The Balaban J connectivity index is 2.45. The molecule has 0 saturated heterocycles. The summed E-state index contributed by atoms with van der Waals surface area (Å²) in [5.41, 5.74) is 0. The van der Waals surface area contributed by atoms with Gasteiger partial charge in [0.15, 0.2) is 0 Å². The molecular weight excluding hydrogens is 314 g/mol. The van der Waals surface area contributed by atoms with E-state index < -0.39 is 10.0 Å². The Kier molecular flexibility index (Phi) is 5.91. The molecule has 0 radical (unpaired) electrons. The largest absolute Gasteiger partial charge is 0.382 e. The zero-order valence-electron chi connectivity index (χ0n) is 8.90. The van der Waals surface area contributed by atoms with Gasteiger partial charge in [-0.15, -0.1) is 11.3 Å². The summed E-state index contributed by atoms with van der Waals surface area (Å²) in [6, 6.07) is 1.72. The van der Waals surface area contributed by atoms with Crippen molar-refractivity contribution in [3.05, 3.63) is 15.9 Å². The fourth-order valence-electron chi connectivity index (χ4n) is 1.06. The first-order chi connectivity index (χ1) is 7.58. The highest BCUT2D eigenvalue weighted by atomic mass is 79.9. The molecule has 1 heterocycles. The third kappa shape index (κ3) is 4.14. The SMILES string of the molecule is CCOCCCNS(=O)(=O)c1sccc1Br. The van der Waals surface area contributed by atoms with Gasteiger partial charge in [-0.3, -0.25) is 0 Å². The zero-order chi connectivity index (χ0) is 12.0. The predicted molar refractivity (Wildman–Crippen MR) is 68.3 cm³/mol. The Morgan fingerprint density at radius 1 is 1.56 bits per heavy atom. The van der Waals surface area contributed by atoms with Gasteiger partial charge in [-0.1, -0.05) is 0 Å². The van der Waals surface area contributed by atoms with Gasteiger partial charge >= 0.3 is 0 Å². The first-order valence-electron chi connectivity index (χ1n) is 4.88. The molecule has 0 aliphatic carbocycles. The molecular formula is C9H14BrNO3S2.